The number of benzene rings is 1. The largest absolute Gasteiger partial charge is 0.465 e. The van der Waals surface area contributed by atoms with Gasteiger partial charge in [0.1, 0.15) is 6.04 Å². The van der Waals surface area contributed by atoms with Gasteiger partial charge in [-0.1, -0.05) is 24.6 Å². The molecule has 1 aromatic rings. The van der Waals surface area contributed by atoms with Crippen molar-refractivity contribution in [1.29, 1.82) is 0 Å². The molecule has 7 nitrogen and oxygen atoms in total. The van der Waals surface area contributed by atoms with Crippen LogP contribution in [0.4, 0.5) is 0 Å². The molecule has 0 aliphatic rings. The molecule has 1 rings (SSSR count). The quantitative estimate of drug-likeness (QED) is 0.704. The predicted molar refractivity (Wildman–Crippen MR) is 85.0 cm³/mol. The zero-order valence-electron chi connectivity index (χ0n) is 13.5. The Bertz CT molecular complexity index is 655. The van der Waals surface area contributed by atoms with Gasteiger partial charge in [-0.25, -0.2) is 8.42 Å². The molecule has 0 radical (unpaired) electrons. The van der Waals surface area contributed by atoms with E-state index in [0.29, 0.717) is 0 Å². The molecule has 0 aliphatic carbocycles. The first-order valence-electron chi connectivity index (χ1n) is 7.27. The number of carbonyl (C=O) groups is 2. The van der Waals surface area contributed by atoms with Crippen LogP contribution in [0.1, 0.15) is 25.8 Å². The maximum absolute atomic E-state index is 12.8. The number of sulfonamides is 1. The van der Waals surface area contributed by atoms with Crippen LogP contribution in [0.2, 0.25) is 0 Å². The van der Waals surface area contributed by atoms with Crippen LogP contribution in [-0.2, 0) is 24.3 Å². The van der Waals surface area contributed by atoms with Crippen molar-refractivity contribution in [3.05, 3.63) is 29.8 Å². The van der Waals surface area contributed by atoms with E-state index >= 15 is 0 Å². The van der Waals surface area contributed by atoms with Crippen LogP contribution in [-0.4, -0.2) is 43.8 Å². The van der Waals surface area contributed by atoms with E-state index in [4.69, 9.17) is 10.5 Å². The summed E-state index contributed by atoms with van der Waals surface area (Å²) < 4.78 is 31.3. The number of hydrogen-bond acceptors (Lipinski definition) is 5. The van der Waals surface area contributed by atoms with E-state index in [-0.39, 0.29) is 17.9 Å². The fourth-order valence-electron chi connectivity index (χ4n) is 2.09. The van der Waals surface area contributed by atoms with Crippen LogP contribution in [0.15, 0.2) is 29.2 Å². The normalized spacial score (nSPS) is 12.9. The minimum Gasteiger partial charge on any atom is -0.465 e. The van der Waals surface area contributed by atoms with Gasteiger partial charge in [0.05, 0.1) is 18.0 Å². The number of nitrogens with two attached hydrogens (primary N) is 1. The Morgan fingerprint density at radius 2 is 1.78 bits per heavy atom. The molecular formula is C15H22N2O5S. The van der Waals surface area contributed by atoms with E-state index in [1.807, 2.05) is 6.92 Å². The van der Waals surface area contributed by atoms with Crippen molar-refractivity contribution >= 4 is 21.9 Å². The topological polar surface area (TPSA) is 107 Å². The monoisotopic (exact) mass is 342 g/mol. The van der Waals surface area contributed by atoms with Gasteiger partial charge in [0.25, 0.3) is 0 Å². The third-order valence-corrected chi connectivity index (χ3v) is 5.10. The maximum Gasteiger partial charge on any atom is 0.324 e. The van der Waals surface area contributed by atoms with Crippen molar-refractivity contribution in [3.63, 3.8) is 0 Å². The molecule has 1 amide bonds. The Hall–Kier alpha value is -1.93. The second-order valence-corrected chi connectivity index (χ2v) is 6.90. The lowest BCUT2D eigenvalue weighted by Crippen LogP contribution is -2.49. The van der Waals surface area contributed by atoms with Crippen LogP contribution in [0, 0.1) is 6.92 Å². The van der Waals surface area contributed by atoms with Gasteiger partial charge in [0.15, 0.2) is 0 Å². The zero-order valence-corrected chi connectivity index (χ0v) is 14.3. The highest BCUT2D eigenvalue weighted by atomic mass is 32.2. The fraction of sp³-hybridized carbons (Fsp3) is 0.467. The van der Waals surface area contributed by atoms with Crippen molar-refractivity contribution in [2.24, 2.45) is 5.73 Å². The van der Waals surface area contributed by atoms with Gasteiger partial charge in [0, 0.05) is 0 Å². The molecule has 8 heteroatoms. The van der Waals surface area contributed by atoms with E-state index in [1.165, 1.54) is 12.1 Å². The lowest BCUT2D eigenvalue weighted by atomic mass is 10.2. The molecule has 0 aromatic heterocycles. The summed E-state index contributed by atoms with van der Waals surface area (Å²) >= 11 is 0. The Kier molecular flexibility index (Phi) is 6.71. The molecule has 0 fully saturated rings. The molecule has 1 atom stereocenters. The number of hydrogen-bond donors (Lipinski definition) is 1. The van der Waals surface area contributed by atoms with E-state index in [1.54, 1.807) is 26.0 Å². The highest BCUT2D eigenvalue weighted by Gasteiger charge is 2.36. The van der Waals surface area contributed by atoms with Gasteiger partial charge in [-0.3, -0.25) is 9.59 Å². The molecular weight excluding hydrogens is 320 g/mol. The Morgan fingerprint density at radius 3 is 2.22 bits per heavy atom. The molecule has 2 N–H and O–H groups in total. The van der Waals surface area contributed by atoms with Crippen LogP contribution >= 0.6 is 0 Å². The predicted octanol–water partition coefficient (Wildman–Crippen LogP) is 0.813. The second-order valence-electron chi connectivity index (χ2n) is 5.01. The maximum atomic E-state index is 12.8. The first-order valence-corrected chi connectivity index (χ1v) is 8.71. The second kappa shape index (κ2) is 8.07. The van der Waals surface area contributed by atoms with Gasteiger partial charge >= 0.3 is 5.97 Å². The fourth-order valence-corrected chi connectivity index (χ4v) is 3.71. The van der Waals surface area contributed by atoms with Crippen molar-refractivity contribution < 1.29 is 22.7 Å². The average Bonchev–Trinajstić information content (AvgIpc) is 2.47. The highest BCUT2D eigenvalue weighted by Crippen LogP contribution is 2.21. The smallest absolute Gasteiger partial charge is 0.324 e. The van der Waals surface area contributed by atoms with E-state index in [9.17, 15) is 18.0 Å². The summed E-state index contributed by atoms with van der Waals surface area (Å²) in [6.07, 6.45) is 0.164. The van der Waals surface area contributed by atoms with Crippen molar-refractivity contribution in [3.8, 4) is 0 Å². The van der Waals surface area contributed by atoms with Gasteiger partial charge in [-0.05, 0) is 32.4 Å². The first kappa shape index (κ1) is 19.1. The van der Waals surface area contributed by atoms with Crippen LogP contribution < -0.4 is 5.73 Å². The minimum absolute atomic E-state index is 0.00732. The number of esters is 1. The summed E-state index contributed by atoms with van der Waals surface area (Å²) in [5.74, 6) is -1.55. The van der Waals surface area contributed by atoms with Crippen LogP contribution in [0.25, 0.3) is 0 Å². The molecule has 1 aromatic carbocycles. The number of rotatable bonds is 8. The Labute approximate surface area is 136 Å². The third-order valence-electron chi connectivity index (χ3n) is 3.23. The van der Waals surface area contributed by atoms with Gasteiger partial charge in [0.2, 0.25) is 15.9 Å². The molecule has 0 saturated heterocycles. The molecule has 1 unspecified atom stereocenters. The molecule has 0 bridgehead atoms. The molecule has 128 valence electrons. The number of carbonyl (C=O) groups excluding carboxylic acids is 2. The van der Waals surface area contributed by atoms with Crippen LogP contribution in [0.3, 0.4) is 0 Å². The summed E-state index contributed by atoms with van der Waals surface area (Å²) in [6.45, 7) is 4.61. The summed E-state index contributed by atoms with van der Waals surface area (Å²) in [4.78, 5) is 23.3. The summed E-state index contributed by atoms with van der Waals surface area (Å²) in [5.41, 5.74) is 6.05. The first-order chi connectivity index (χ1) is 10.7. The molecule has 0 saturated carbocycles. The van der Waals surface area contributed by atoms with E-state index in [2.05, 4.69) is 0 Å². The number of amides is 1. The molecule has 0 aliphatic heterocycles. The van der Waals surface area contributed by atoms with E-state index in [0.717, 1.165) is 9.87 Å². The number of ether oxygens (including phenoxy) is 1. The lowest BCUT2D eigenvalue weighted by molar-refractivity contribution is -0.148. The van der Waals surface area contributed by atoms with Crippen LogP contribution in [0.5, 0.6) is 0 Å². The summed E-state index contributed by atoms with van der Waals surface area (Å²) in [6, 6.07) is 5.03. The Balaban J connectivity index is 3.30. The summed E-state index contributed by atoms with van der Waals surface area (Å²) in [7, 11) is -4.06. The highest BCUT2D eigenvalue weighted by molar-refractivity contribution is 7.89. The number of nitrogens with zero attached hydrogens (tertiary/aromatic N) is 1. The summed E-state index contributed by atoms with van der Waals surface area (Å²) in [5, 5.41) is 0. The van der Waals surface area contributed by atoms with Crippen molar-refractivity contribution in [2.45, 2.75) is 38.1 Å². The average molecular weight is 342 g/mol. The van der Waals surface area contributed by atoms with E-state index < -0.39 is 34.5 Å². The Morgan fingerprint density at radius 1 is 1.22 bits per heavy atom. The number of aryl methyl sites for hydroxylation is 1. The molecule has 0 spiro atoms. The standard InChI is InChI=1S/C15H22N2O5S/c1-4-13(15(19)22-5-2)17(10-14(16)18)23(20,21)12-8-6-11(3)7-9-12/h6-9,13H,4-5,10H2,1-3H3,(H2,16,18). The lowest BCUT2D eigenvalue weighted by Gasteiger charge is -2.27. The molecule has 23 heavy (non-hydrogen) atoms. The third kappa shape index (κ3) is 4.77. The minimum atomic E-state index is -4.06. The van der Waals surface area contributed by atoms with Gasteiger partial charge in [-0.2, -0.15) is 4.31 Å². The van der Waals surface area contributed by atoms with Crippen molar-refractivity contribution in [2.75, 3.05) is 13.2 Å². The van der Waals surface area contributed by atoms with Crippen molar-refractivity contribution in [1.82, 2.24) is 4.31 Å². The SMILES string of the molecule is CCOC(=O)C(CC)N(CC(N)=O)S(=O)(=O)c1ccc(C)cc1. The zero-order chi connectivity index (χ0) is 17.6. The number of primary amides is 1. The molecule has 0 heterocycles. The van der Waals surface area contributed by atoms with Gasteiger partial charge in [-0.15, -0.1) is 0 Å². The van der Waals surface area contributed by atoms with Gasteiger partial charge < -0.3 is 10.5 Å².